The van der Waals surface area contributed by atoms with Crippen molar-refractivity contribution in [3.05, 3.63) is 81.4 Å². The van der Waals surface area contributed by atoms with Crippen molar-refractivity contribution in [3.8, 4) is 0 Å². The van der Waals surface area contributed by atoms with Gasteiger partial charge < -0.3 is 10.6 Å². The van der Waals surface area contributed by atoms with Gasteiger partial charge in [0.1, 0.15) is 11.0 Å². The number of aryl methyl sites for hydroxylation is 1. The maximum Gasteiger partial charge on any atom is 0.263 e. The quantitative estimate of drug-likeness (QED) is 0.614. The minimum Gasteiger partial charge on any atom is -0.365 e. The second-order valence-electron chi connectivity index (χ2n) is 7.52. The van der Waals surface area contributed by atoms with Crippen LogP contribution in [-0.4, -0.2) is 29.4 Å². The Bertz CT molecular complexity index is 1030. The lowest BCUT2D eigenvalue weighted by Crippen LogP contribution is -2.31. The molecule has 0 radical (unpaired) electrons. The Hall–Kier alpha value is -2.77. The summed E-state index contributed by atoms with van der Waals surface area (Å²) in [5.74, 6) is -0.114. The van der Waals surface area contributed by atoms with Crippen LogP contribution in [0.3, 0.4) is 0 Å². The fourth-order valence-corrected chi connectivity index (χ4v) is 4.57. The lowest BCUT2D eigenvalue weighted by atomic mass is 9.98. The average Bonchev–Trinajstić information content (AvgIpc) is 3.14. The lowest BCUT2D eigenvalue weighted by molar-refractivity contribution is 0.0954. The van der Waals surface area contributed by atoms with Crippen LogP contribution in [0.5, 0.6) is 0 Å². The Labute approximate surface area is 180 Å². The van der Waals surface area contributed by atoms with Crippen LogP contribution in [0.25, 0.3) is 0 Å². The van der Waals surface area contributed by atoms with Gasteiger partial charge in [-0.15, -0.1) is 0 Å². The molecule has 2 N–H and O–H groups in total. The summed E-state index contributed by atoms with van der Waals surface area (Å²) in [5.41, 5.74) is 4.77. The molecule has 0 saturated heterocycles. The van der Waals surface area contributed by atoms with E-state index in [0.717, 1.165) is 39.6 Å². The smallest absolute Gasteiger partial charge is 0.263 e. The number of alkyl halides is 1. The molecule has 1 amide bonds. The predicted octanol–water partition coefficient (Wildman–Crippen LogP) is 4.45. The SMILES string of the molecule is CNc1nc(C)c(C(=O)NCc2ccc(CN3Cc4ccccc4C(F)C3)cc2)s1. The van der Waals surface area contributed by atoms with Gasteiger partial charge in [-0.1, -0.05) is 59.9 Å². The average molecular weight is 425 g/mol. The van der Waals surface area contributed by atoms with Crippen molar-refractivity contribution in [3.63, 3.8) is 0 Å². The number of rotatable bonds is 6. The van der Waals surface area contributed by atoms with Crippen LogP contribution in [0.4, 0.5) is 9.52 Å². The molecule has 0 fully saturated rings. The van der Waals surface area contributed by atoms with Crippen molar-refractivity contribution in [2.45, 2.75) is 32.7 Å². The number of halogens is 1. The van der Waals surface area contributed by atoms with Crippen molar-refractivity contribution in [1.82, 2.24) is 15.2 Å². The van der Waals surface area contributed by atoms with Gasteiger partial charge in [0, 0.05) is 33.2 Å². The normalized spacial score (nSPS) is 16.2. The van der Waals surface area contributed by atoms with E-state index in [4.69, 9.17) is 0 Å². The number of benzene rings is 2. The van der Waals surface area contributed by atoms with E-state index < -0.39 is 6.17 Å². The molecule has 2 heterocycles. The van der Waals surface area contributed by atoms with Crippen molar-refractivity contribution in [2.24, 2.45) is 0 Å². The van der Waals surface area contributed by atoms with Gasteiger partial charge in [-0.25, -0.2) is 9.37 Å². The zero-order valence-corrected chi connectivity index (χ0v) is 17.9. The number of carbonyl (C=O) groups excluding carboxylic acids is 1. The second kappa shape index (κ2) is 8.93. The van der Waals surface area contributed by atoms with Crippen LogP contribution >= 0.6 is 11.3 Å². The first-order valence-electron chi connectivity index (χ1n) is 9.99. The number of aromatic nitrogens is 1. The highest BCUT2D eigenvalue weighted by Gasteiger charge is 2.24. The summed E-state index contributed by atoms with van der Waals surface area (Å²) in [6.07, 6.45) is -0.942. The summed E-state index contributed by atoms with van der Waals surface area (Å²) in [4.78, 5) is 19.5. The number of anilines is 1. The number of nitrogens with zero attached hydrogens (tertiary/aromatic N) is 2. The Morgan fingerprint density at radius 1 is 1.20 bits per heavy atom. The number of nitrogens with one attached hydrogen (secondary N) is 2. The highest BCUT2D eigenvalue weighted by atomic mass is 32.1. The maximum absolute atomic E-state index is 14.5. The van der Waals surface area contributed by atoms with E-state index in [0.29, 0.717) is 24.5 Å². The molecular formula is C23H25FN4OS. The molecular weight excluding hydrogens is 399 g/mol. The zero-order chi connectivity index (χ0) is 21.1. The van der Waals surface area contributed by atoms with Gasteiger partial charge in [0.05, 0.1) is 5.69 Å². The molecule has 156 valence electrons. The Morgan fingerprint density at radius 2 is 1.93 bits per heavy atom. The highest BCUT2D eigenvalue weighted by Crippen LogP contribution is 2.30. The van der Waals surface area contributed by atoms with Crippen LogP contribution in [0, 0.1) is 6.92 Å². The number of carbonyl (C=O) groups is 1. The summed E-state index contributed by atoms with van der Waals surface area (Å²) in [6.45, 7) is 4.17. The van der Waals surface area contributed by atoms with Gasteiger partial charge in [0.2, 0.25) is 0 Å². The van der Waals surface area contributed by atoms with Gasteiger partial charge in [0.15, 0.2) is 5.13 Å². The first-order chi connectivity index (χ1) is 14.5. The predicted molar refractivity (Wildman–Crippen MR) is 118 cm³/mol. The standard InChI is InChI=1S/C23H25FN4OS/c1-15-21(30-23(25-2)27-15)22(29)26-11-16-7-9-17(10-8-16)12-28-13-18-5-3-4-6-19(18)20(24)14-28/h3-10,20H,11-14H2,1-2H3,(H,25,27)(H,26,29). The monoisotopic (exact) mass is 424 g/mol. The summed E-state index contributed by atoms with van der Waals surface area (Å²) in [5, 5.41) is 6.65. The Morgan fingerprint density at radius 3 is 2.67 bits per heavy atom. The molecule has 0 saturated carbocycles. The molecule has 0 spiro atoms. The molecule has 1 aliphatic rings. The van der Waals surface area contributed by atoms with Gasteiger partial charge in [-0.2, -0.15) is 0 Å². The van der Waals surface area contributed by atoms with Crippen LogP contribution < -0.4 is 10.6 Å². The molecule has 2 aromatic carbocycles. The van der Waals surface area contributed by atoms with E-state index in [-0.39, 0.29) is 5.91 Å². The first-order valence-corrected chi connectivity index (χ1v) is 10.8. The van der Waals surface area contributed by atoms with Crippen LogP contribution in [0.2, 0.25) is 0 Å². The summed E-state index contributed by atoms with van der Waals surface area (Å²) >= 11 is 1.35. The maximum atomic E-state index is 14.5. The Balaban J connectivity index is 1.33. The minimum atomic E-state index is -0.942. The number of amides is 1. The molecule has 7 heteroatoms. The molecule has 0 bridgehead atoms. The number of hydrogen-bond donors (Lipinski definition) is 2. The van der Waals surface area contributed by atoms with E-state index in [1.165, 1.54) is 11.3 Å². The third-order valence-corrected chi connectivity index (χ3v) is 6.48. The summed E-state index contributed by atoms with van der Waals surface area (Å²) < 4.78 is 14.5. The van der Waals surface area contributed by atoms with Gasteiger partial charge >= 0.3 is 0 Å². The van der Waals surface area contributed by atoms with Gasteiger partial charge in [0.25, 0.3) is 5.91 Å². The van der Waals surface area contributed by atoms with Crippen LogP contribution in [0.1, 0.15) is 43.8 Å². The third kappa shape index (κ3) is 4.52. The van der Waals surface area contributed by atoms with Crippen molar-refractivity contribution in [2.75, 3.05) is 18.9 Å². The molecule has 1 atom stereocenters. The van der Waals surface area contributed by atoms with Crippen molar-refractivity contribution >= 4 is 22.4 Å². The molecule has 1 aromatic heterocycles. The Kier molecular flexibility index (Phi) is 6.11. The van der Waals surface area contributed by atoms with E-state index in [2.05, 4.69) is 20.5 Å². The van der Waals surface area contributed by atoms with Gasteiger partial charge in [-0.3, -0.25) is 9.69 Å². The van der Waals surface area contributed by atoms with Crippen molar-refractivity contribution in [1.29, 1.82) is 0 Å². The molecule has 5 nitrogen and oxygen atoms in total. The van der Waals surface area contributed by atoms with Crippen LogP contribution in [-0.2, 0) is 19.6 Å². The molecule has 1 aliphatic heterocycles. The zero-order valence-electron chi connectivity index (χ0n) is 17.1. The van der Waals surface area contributed by atoms with E-state index in [1.807, 2.05) is 55.5 Å². The fraction of sp³-hybridized carbons (Fsp3) is 0.304. The van der Waals surface area contributed by atoms with E-state index >= 15 is 0 Å². The topological polar surface area (TPSA) is 57.3 Å². The van der Waals surface area contributed by atoms with E-state index in [1.54, 1.807) is 7.05 Å². The first kappa shape index (κ1) is 20.5. The second-order valence-corrected chi connectivity index (χ2v) is 8.52. The highest BCUT2D eigenvalue weighted by molar-refractivity contribution is 7.17. The summed E-state index contributed by atoms with van der Waals surface area (Å²) in [6, 6.07) is 15.9. The minimum absolute atomic E-state index is 0.114. The van der Waals surface area contributed by atoms with E-state index in [9.17, 15) is 9.18 Å². The molecule has 3 aromatic rings. The molecule has 4 rings (SSSR count). The third-order valence-electron chi connectivity index (χ3n) is 5.30. The van der Waals surface area contributed by atoms with Crippen molar-refractivity contribution < 1.29 is 9.18 Å². The van der Waals surface area contributed by atoms with Crippen LogP contribution in [0.15, 0.2) is 48.5 Å². The molecule has 30 heavy (non-hydrogen) atoms. The largest absolute Gasteiger partial charge is 0.365 e. The fourth-order valence-electron chi connectivity index (χ4n) is 3.73. The molecule has 0 aliphatic carbocycles. The van der Waals surface area contributed by atoms with Gasteiger partial charge in [-0.05, 0) is 29.2 Å². The number of thiazole rings is 1. The number of fused-ring (bicyclic) bond motifs is 1. The lowest BCUT2D eigenvalue weighted by Gasteiger charge is -2.31. The number of hydrogen-bond acceptors (Lipinski definition) is 5. The summed E-state index contributed by atoms with van der Waals surface area (Å²) in [7, 11) is 1.79. The molecule has 1 unspecified atom stereocenters.